The van der Waals surface area contributed by atoms with Crippen molar-refractivity contribution in [1.29, 1.82) is 0 Å². The zero-order valence-corrected chi connectivity index (χ0v) is 7.75. The van der Waals surface area contributed by atoms with Gasteiger partial charge in [-0.3, -0.25) is 19.8 Å². The van der Waals surface area contributed by atoms with Gasteiger partial charge < -0.3 is 5.73 Å². The number of carbonyl (C=O) groups is 2. The summed E-state index contributed by atoms with van der Waals surface area (Å²) in [5.41, 5.74) is 5.38. The lowest BCUT2D eigenvalue weighted by atomic mass is 10.1. The van der Waals surface area contributed by atoms with Crippen molar-refractivity contribution in [3.05, 3.63) is 0 Å². The van der Waals surface area contributed by atoms with E-state index in [0.717, 1.165) is 0 Å². The molecule has 0 spiro atoms. The van der Waals surface area contributed by atoms with E-state index >= 15 is 0 Å². The fourth-order valence-corrected chi connectivity index (χ4v) is 1.57. The van der Waals surface area contributed by atoms with Gasteiger partial charge in [0.1, 0.15) is 0 Å². The lowest BCUT2D eigenvalue weighted by Gasteiger charge is -2.32. The van der Waals surface area contributed by atoms with Crippen LogP contribution in [0.2, 0.25) is 0 Å². The Labute approximate surface area is 77.3 Å². The molecule has 0 aromatic heterocycles. The van der Waals surface area contributed by atoms with E-state index in [1.165, 1.54) is 0 Å². The Hall–Kier alpha value is -0.940. The van der Waals surface area contributed by atoms with Crippen molar-refractivity contribution in [2.75, 3.05) is 19.6 Å². The lowest BCUT2D eigenvalue weighted by molar-refractivity contribution is -0.140. The molecule has 1 aliphatic heterocycles. The Morgan fingerprint density at radius 1 is 1.62 bits per heavy atom. The van der Waals surface area contributed by atoms with E-state index in [9.17, 15) is 9.59 Å². The third-order valence-corrected chi connectivity index (χ3v) is 2.16. The molecule has 1 heterocycles. The first-order valence-electron chi connectivity index (χ1n) is 4.46. The summed E-state index contributed by atoms with van der Waals surface area (Å²) in [5, 5.41) is 2.31. The van der Waals surface area contributed by atoms with Crippen molar-refractivity contribution in [1.82, 2.24) is 10.2 Å². The average molecular weight is 185 g/mol. The van der Waals surface area contributed by atoms with E-state index in [4.69, 9.17) is 5.73 Å². The van der Waals surface area contributed by atoms with Gasteiger partial charge in [0.2, 0.25) is 11.8 Å². The van der Waals surface area contributed by atoms with Crippen LogP contribution in [0.25, 0.3) is 0 Å². The molecule has 1 atom stereocenters. The predicted octanol–water partition coefficient (Wildman–Crippen LogP) is -1.32. The molecule has 3 N–H and O–H groups in total. The summed E-state index contributed by atoms with van der Waals surface area (Å²) in [6.45, 7) is 3.26. The number of piperazine rings is 1. The fraction of sp³-hybridized carbons (Fsp3) is 0.750. The van der Waals surface area contributed by atoms with Crippen LogP contribution in [0.1, 0.15) is 13.3 Å². The van der Waals surface area contributed by atoms with Crippen LogP contribution in [0.5, 0.6) is 0 Å². The number of hydrogen-bond donors (Lipinski definition) is 2. The van der Waals surface area contributed by atoms with Crippen LogP contribution in [0.3, 0.4) is 0 Å². The van der Waals surface area contributed by atoms with E-state index in [0.29, 0.717) is 19.5 Å². The van der Waals surface area contributed by atoms with Gasteiger partial charge in [0.15, 0.2) is 0 Å². The maximum atomic E-state index is 11.3. The molecule has 13 heavy (non-hydrogen) atoms. The van der Waals surface area contributed by atoms with Crippen molar-refractivity contribution >= 4 is 11.8 Å². The first kappa shape index (κ1) is 10.1. The van der Waals surface area contributed by atoms with Gasteiger partial charge in [0, 0.05) is 13.1 Å². The maximum absolute atomic E-state index is 11.3. The highest BCUT2D eigenvalue weighted by atomic mass is 16.2. The molecule has 1 fully saturated rings. The topological polar surface area (TPSA) is 75.4 Å². The Morgan fingerprint density at radius 2 is 2.31 bits per heavy atom. The van der Waals surface area contributed by atoms with Crippen LogP contribution in [-0.2, 0) is 9.59 Å². The van der Waals surface area contributed by atoms with Crippen molar-refractivity contribution in [2.45, 2.75) is 19.4 Å². The smallest absolute Gasteiger partial charge is 0.243 e. The predicted molar refractivity (Wildman–Crippen MR) is 47.9 cm³/mol. The molecule has 1 rings (SSSR count). The van der Waals surface area contributed by atoms with Gasteiger partial charge >= 0.3 is 0 Å². The second kappa shape index (κ2) is 4.34. The number of carbonyl (C=O) groups excluding carboxylic acids is 2. The third-order valence-electron chi connectivity index (χ3n) is 2.16. The van der Waals surface area contributed by atoms with Gasteiger partial charge in [-0.15, -0.1) is 0 Å². The van der Waals surface area contributed by atoms with Gasteiger partial charge in [-0.25, -0.2) is 0 Å². The minimum atomic E-state index is -0.233. The average Bonchev–Trinajstić information content (AvgIpc) is 2.04. The summed E-state index contributed by atoms with van der Waals surface area (Å²) >= 11 is 0. The maximum Gasteiger partial charge on any atom is 0.243 e. The first-order valence-corrected chi connectivity index (χ1v) is 4.46. The Kier molecular flexibility index (Phi) is 3.39. The van der Waals surface area contributed by atoms with Crippen LogP contribution < -0.4 is 11.1 Å². The van der Waals surface area contributed by atoms with E-state index in [1.807, 2.05) is 11.8 Å². The highest BCUT2D eigenvalue weighted by Crippen LogP contribution is 2.07. The monoisotopic (exact) mass is 185 g/mol. The number of nitrogens with zero attached hydrogens (tertiary/aromatic N) is 1. The highest BCUT2D eigenvalue weighted by Gasteiger charge is 2.31. The second-order valence-electron chi connectivity index (χ2n) is 3.10. The molecule has 74 valence electrons. The zero-order valence-electron chi connectivity index (χ0n) is 7.75. The number of amides is 2. The molecule has 1 aliphatic rings. The summed E-state index contributed by atoms with van der Waals surface area (Å²) in [6.07, 6.45) is 0.707. The van der Waals surface area contributed by atoms with Crippen molar-refractivity contribution in [3.63, 3.8) is 0 Å². The van der Waals surface area contributed by atoms with Crippen LogP contribution in [0, 0.1) is 0 Å². The molecule has 5 heteroatoms. The summed E-state index contributed by atoms with van der Waals surface area (Å²) in [4.78, 5) is 24.1. The standard InChI is InChI=1S/C8H15N3O2/c1-2-6-8(13)10-7(12)5-11(6)4-3-9/h6H,2-5,9H2,1H3,(H,10,12,13). The Balaban J connectivity index is 2.65. The first-order chi connectivity index (χ1) is 6.19. The molecule has 2 amide bonds. The number of nitrogens with two attached hydrogens (primary N) is 1. The molecule has 1 unspecified atom stereocenters. The summed E-state index contributed by atoms with van der Waals surface area (Å²) < 4.78 is 0. The quantitative estimate of drug-likeness (QED) is 0.535. The third kappa shape index (κ3) is 2.26. The zero-order chi connectivity index (χ0) is 9.84. The van der Waals surface area contributed by atoms with Crippen molar-refractivity contribution < 1.29 is 9.59 Å². The molecule has 0 aromatic rings. The molecule has 0 bridgehead atoms. The molecule has 0 radical (unpaired) electrons. The molecule has 1 saturated heterocycles. The van der Waals surface area contributed by atoms with Crippen molar-refractivity contribution in [2.24, 2.45) is 5.73 Å². The van der Waals surface area contributed by atoms with E-state index < -0.39 is 0 Å². The summed E-state index contributed by atoms with van der Waals surface area (Å²) in [6, 6.07) is -0.193. The number of imide groups is 1. The molecular weight excluding hydrogens is 170 g/mol. The van der Waals surface area contributed by atoms with Crippen LogP contribution in [0.4, 0.5) is 0 Å². The number of hydrogen-bond acceptors (Lipinski definition) is 4. The number of nitrogens with one attached hydrogen (secondary N) is 1. The van der Waals surface area contributed by atoms with Gasteiger partial charge in [0.25, 0.3) is 0 Å². The Morgan fingerprint density at radius 3 is 2.85 bits per heavy atom. The van der Waals surface area contributed by atoms with E-state index in [-0.39, 0.29) is 24.4 Å². The van der Waals surface area contributed by atoms with Crippen LogP contribution in [-0.4, -0.2) is 42.4 Å². The SMILES string of the molecule is CCC1C(=O)NC(=O)CN1CCN. The summed E-state index contributed by atoms with van der Waals surface area (Å²) in [7, 11) is 0. The highest BCUT2D eigenvalue weighted by molar-refractivity contribution is 6.01. The molecule has 0 saturated carbocycles. The van der Waals surface area contributed by atoms with Gasteiger partial charge in [0.05, 0.1) is 12.6 Å². The van der Waals surface area contributed by atoms with Crippen LogP contribution >= 0.6 is 0 Å². The van der Waals surface area contributed by atoms with Gasteiger partial charge in [-0.05, 0) is 6.42 Å². The Bertz CT molecular complexity index is 217. The fourth-order valence-electron chi connectivity index (χ4n) is 1.57. The molecular formula is C8H15N3O2. The van der Waals surface area contributed by atoms with Crippen LogP contribution in [0.15, 0.2) is 0 Å². The van der Waals surface area contributed by atoms with Gasteiger partial charge in [-0.1, -0.05) is 6.92 Å². The summed E-state index contributed by atoms with van der Waals surface area (Å²) in [5.74, 6) is -0.435. The van der Waals surface area contributed by atoms with E-state index in [2.05, 4.69) is 5.32 Å². The minimum absolute atomic E-state index is 0.193. The molecule has 0 aromatic carbocycles. The van der Waals surface area contributed by atoms with Crippen molar-refractivity contribution in [3.8, 4) is 0 Å². The van der Waals surface area contributed by atoms with E-state index in [1.54, 1.807) is 0 Å². The molecule has 0 aliphatic carbocycles. The normalized spacial score (nSPS) is 24.6. The molecule has 5 nitrogen and oxygen atoms in total. The largest absolute Gasteiger partial charge is 0.329 e. The number of rotatable bonds is 3. The van der Waals surface area contributed by atoms with Gasteiger partial charge in [-0.2, -0.15) is 0 Å². The lowest BCUT2D eigenvalue weighted by Crippen LogP contribution is -2.58. The minimum Gasteiger partial charge on any atom is -0.329 e. The second-order valence-corrected chi connectivity index (χ2v) is 3.10.